The van der Waals surface area contributed by atoms with Gasteiger partial charge in [-0.1, -0.05) is 95.2 Å². The molecule has 0 radical (unpaired) electrons. The van der Waals surface area contributed by atoms with Gasteiger partial charge in [0.25, 0.3) is 0 Å². The summed E-state index contributed by atoms with van der Waals surface area (Å²) >= 11 is 0. The van der Waals surface area contributed by atoms with Crippen LogP contribution in [0.25, 0.3) is 0 Å². The van der Waals surface area contributed by atoms with Crippen LogP contribution in [-0.4, -0.2) is 71.0 Å². The number of carbonyl (C=O) groups excluding carboxylic acids is 4. The van der Waals surface area contributed by atoms with Crippen LogP contribution in [-0.2, 0) is 24.0 Å². The van der Waals surface area contributed by atoms with E-state index in [4.69, 9.17) is 15.9 Å². The van der Waals surface area contributed by atoms with Crippen molar-refractivity contribution >= 4 is 41.3 Å². The Balaban J connectivity index is -0.000000442. The monoisotopic (exact) mass is 725 g/mol. The third-order valence-corrected chi connectivity index (χ3v) is 5.53. The molecule has 2 aromatic rings. The number of nitrogens with two attached hydrogens (primary N) is 1. The molecule has 0 heterocycles. The van der Waals surface area contributed by atoms with Crippen molar-refractivity contribution in [2.45, 2.75) is 80.3 Å². The van der Waals surface area contributed by atoms with Crippen molar-refractivity contribution in [1.82, 2.24) is 16.0 Å². The number of amides is 4. The predicted molar refractivity (Wildman–Crippen MR) is 208 cm³/mol. The number of rotatable bonds is 12. The number of aryl methyl sites for hydroxylation is 1. The number of hydrogen-bond acceptors (Lipinski definition) is 7. The van der Waals surface area contributed by atoms with E-state index in [1.807, 2.05) is 39.0 Å². The van der Waals surface area contributed by atoms with Crippen molar-refractivity contribution in [2.75, 3.05) is 18.4 Å². The highest BCUT2D eigenvalue weighted by Gasteiger charge is 2.24. The molecular formula is C39H59N5O8. The predicted octanol–water partition coefficient (Wildman–Crippen LogP) is 4.93. The third kappa shape index (κ3) is 32.8. The number of allylic oxidation sites excluding steroid dienone is 2. The Morgan fingerprint density at radius 3 is 1.81 bits per heavy atom. The summed E-state index contributed by atoms with van der Waals surface area (Å²) < 4.78 is 0. The number of nitrogens with one attached hydrogen (secondary N) is 4. The van der Waals surface area contributed by atoms with Gasteiger partial charge in [0.1, 0.15) is 6.04 Å². The Morgan fingerprint density at radius 2 is 1.42 bits per heavy atom. The molecule has 0 bridgehead atoms. The SMILES string of the molecule is C#CC=C.C=CC.CC.CC(CC(=O)Nc1cccc(C(=O)O)c1)NC(=O)CNC(=O)C(NC(=O)CN)C(C)C.CCC(=O)O.Cc1ccccc1. The van der Waals surface area contributed by atoms with E-state index >= 15 is 0 Å². The number of terminal acetylenes is 1. The van der Waals surface area contributed by atoms with Gasteiger partial charge in [-0.05, 0) is 51.0 Å². The molecule has 0 aliphatic heterocycles. The van der Waals surface area contributed by atoms with Crippen LogP contribution in [0, 0.1) is 25.2 Å². The molecule has 2 aromatic carbocycles. The molecule has 0 saturated heterocycles. The van der Waals surface area contributed by atoms with Gasteiger partial charge in [-0.2, -0.15) is 0 Å². The van der Waals surface area contributed by atoms with Crippen LogP contribution in [0.5, 0.6) is 0 Å². The number of hydrogen-bond donors (Lipinski definition) is 7. The molecule has 0 spiro atoms. The highest BCUT2D eigenvalue weighted by atomic mass is 16.4. The number of aromatic carboxylic acids is 1. The molecule has 13 nitrogen and oxygen atoms in total. The molecule has 4 amide bonds. The van der Waals surface area contributed by atoms with Crippen molar-refractivity contribution in [3.63, 3.8) is 0 Å². The maximum atomic E-state index is 12.2. The van der Waals surface area contributed by atoms with Gasteiger partial charge in [0.05, 0.1) is 18.7 Å². The van der Waals surface area contributed by atoms with Gasteiger partial charge in [-0.15, -0.1) is 13.0 Å². The summed E-state index contributed by atoms with van der Waals surface area (Å²) in [5.74, 6) is -1.78. The molecule has 0 saturated carbocycles. The minimum atomic E-state index is -1.11. The van der Waals surface area contributed by atoms with E-state index in [2.05, 4.69) is 65.8 Å². The minimum absolute atomic E-state index is 0.0391. The standard InChI is InChI=1S/C20H29N5O6.C7H8.C4H4.C3H6O2.C3H6.C2H6/c1-11(2)18(25-16(27)9-21)19(29)22-10-17(28)23-12(3)7-15(26)24-14-6-4-5-13(8-14)20(30)31;1-7-5-3-2-4-6-7;1-3-4-2;1-2-3(4)5;1-3-2;1-2/h4-6,8,11-12,18H,7,9-10,21H2,1-3H3,(H,22,29)(H,23,28)(H,24,26)(H,25,27)(H,30,31);2-6H,1H3;1,4H,2H2;2H2,1H3,(H,4,5);3H,1H2,2H3;1-2H3. The van der Waals surface area contributed by atoms with Crippen molar-refractivity contribution in [2.24, 2.45) is 11.7 Å². The molecule has 0 aliphatic carbocycles. The summed E-state index contributed by atoms with van der Waals surface area (Å²) in [7, 11) is 0. The fourth-order valence-electron chi connectivity index (χ4n) is 3.18. The summed E-state index contributed by atoms with van der Waals surface area (Å²) in [6.45, 7) is 20.7. The molecule has 0 aliphatic rings. The van der Waals surface area contributed by atoms with Crippen LogP contribution >= 0.6 is 0 Å². The second-order valence-electron chi connectivity index (χ2n) is 10.5. The van der Waals surface area contributed by atoms with E-state index < -0.39 is 47.7 Å². The zero-order chi connectivity index (χ0) is 41.1. The van der Waals surface area contributed by atoms with Gasteiger partial charge in [-0.25, -0.2) is 4.79 Å². The normalized spacial score (nSPS) is 9.94. The maximum Gasteiger partial charge on any atom is 0.335 e. The van der Waals surface area contributed by atoms with Crippen molar-refractivity contribution < 1.29 is 39.0 Å². The maximum absolute atomic E-state index is 12.2. The van der Waals surface area contributed by atoms with Gasteiger partial charge in [0.2, 0.25) is 23.6 Å². The lowest BCUT2D eigenvalue weighted by Crippen LogP contribution is -2.53. The lowest BCUT2D eigenvalue weighted by atomic mass is 10.0. The number of benzene rings is 2. The zero-order valence-corrected chi connectivity index (χ0v) is 31.8. The lowest BCUT2D eigenvalue weighted by molar-refractivity contribution is -0.136. The second kappa shape index (κ2) is 35.1. The quantitative estimate of drug-likeness (QED) is 0.116. The van der Waals surface area contributed by atoms with Crippen LogP contribution in [0.15, 0.2) is 79.9 Å². The van der Waals surface area contributed by atoms with Gasteiger partial charge in [0, 0.05) is 24.6 Å². The third-order valence-electron chi connectivity index (χ3n) is 5.53. The number of carboxylic acids is 2. The van der Waals surface area contributed by atoms with Gasteiger partial charge < -0.3 is 37.2 Å². The highest BCUT2D eigenvalue weighted by molar-refractivity contribution is 5.94. The molecule has 52 heavy (non-hydrogen) atoms. The number of carboxylic acid groups (broad SMARTS) is 2. The molecule has 13 heteroatoms. The first-order chi connectivity index (χ1) is 24.5. The molecule has 8 N–H and O–H groups in total. The van der Waals surface area contributed by atoms with Gasteiger partial charge in [-0.3, -0.25) is 24.0 Å². The Morgan fingerprint density at radius 1 is 0.904 bits per heavy atom. The molecule has 0 fully saturated rings. The zero-order valence-electron chi connectivity index (χ0n) is 31.8. The average Bonchev–Trinajstić information content (AvgIpc) is 3.11. The van der Waals surface area contributed by atoms with Gasteiger partial charge in [0.15, 0.2) is 0 Å². The van der Waals surface area contributed by atoms with Crippen molar-refractivity contribution in [1.29, 1.82) is 0 Å². The summed E-state index contributed by atoms with van der Waals surface area (Å²) in [6.07, 6.45) is 7.98. The second-order valence-corrected chi connectivity index (χ2v) is 10.5. The van der Waals surface area contributed by atoms with Crippen molar-refractivity contribution in [3.8, 4) is 12.3 Å². The summed E-state index contributed by atoms with van der Waals surface area (Å²) in [4.78, 5) is 68.2. The minimum Gasteiger partial charge on any atom is -0.481 e. The fraction of sp³-hybridized carbons (Fsp3) is 0.385. The van der Waals surface area contributed by atoms with Crippen LogP contribution in [0.3, 0.4) is 0 Å². The Kier molecular flexibility index (Phi) is 35.8. The van der Waals surface area contributed by atoms with Crippen LogP contribution in [0.1, 0.15) is 77.2 Å². The Labute approximate surface area is 309 Å². The first-order valence-corrected chi connectivity index (χ1v) is 16.6. The largest absolute Gasteiger partial charge is 0.481 e. The number of carbonyl (C=O) groups is 6. The molecule has 2 rings (SSSR count). The summed E-state index contributed by atoms with van der Waals surface area (Å²) in [6, 6.07) is 14.7. The molecule has 288 valence electrons. The van der Waals surface area contributed by atoms with Gasteiger partial charge >= 0.3 is 11.9 Å². The number of aliphatic carboxylic acids is 1. The first-order valence-electron chi connectivity index (χ1n) is 16.6. The van der Waals surface area contributed by atoms with E-state index in [1.54, 1.807) is 39.8 Å². The van der Waals surface area contributed by atoms with Crippen LogP contribution in [0.4, 0.5) is 5.69 Å². The summed E-state index contributed by atoms with van der Waals surface area (Å²) in [5.41, 5.74) is 6.93. The Bertz CT molecular complexity index is 1390. The van der Waals surface area contributed by atoms with E-state index in [0.717, 1.165) is 0 Å². The van der Waals surface area contributed by atoms with E-state index in [1.165, 1.54) is 29.8 Å². The van der Waals surface area contributed by atoms with Crippen molar-refractivity contribution in [3.05, 3.63) is 91.0 Å². The smallest absolute Gasteiger partial charge is 0.335 e. The average molecular weight is 726 g/mol. The van der Waals surface area contributed by atoms with E-state index in [-0.39, 0.29) is 37.4 Å². The molecular weight excluding hydrogens is 666 g/mol. The lowest BCUT2D eigenvalue weighted by Gasteiger charge is -2.21. The van der Waals surface area contributed by atoms with E-state index in [9.17, 15) is 28.8 Å². The molecule has 2 atom stereocenters. The fourth-order valence-corrected chi connectivity index (χ4v) is 3.18. The Hall–Kier alpha value is -5.74. The molecule has 0 aromatic heterocycles. The van der Waals surface area contributed by atoms with E-state index in [0.29, 0.717) is 5.69 Å². The topological polar surface area (TPSA) is 217 Å². The number of anilines is 1. The molecule has 2 unspecified atom stereocenters. The first kappa shape index (κ1) is 53.1. The highest BCUT2D eigenvalue weighted by Crippen LogP contribution is 2.11. The van der Waals surface area contributed by atoms with Crippen LogP contribution < -0.4 is 27.0 Å². The van der Waals surface area contributed by atoms with Crippen LogP contribution in [0.2, 0.25) is 0 Å². The summed E-state index contributed by atoms with van der Waals surface area (Å²) in [5, 5.41) is 26.8.